The van der Waals surface area contributed by atoms with E-state index in [0.29, 0.717) is 12.0 Å². The number of benzene rings is 2. The van der Waals surface area contributed by atoms with Gasteiger partial charge in [0, 0.05) is 16.5 Å². The van der Waals surface area contributed by atoms with Gasteiger partial charge < -0.3 is 9.47 Å². The average Bonchev–Trinajstić information content (AvgIpc) is 2.49. The maximum absolute atomic E-state index is 12.4. The monoisotopic (exact) mass is 348 g/mol. The van der Waals surface area contributed by atoms with Crippen molar-refractivity contribution in [3.05, 3.63) is 57.6 Å². The largest absolute Gasteiger partial charge is 0.497 e. The van der Waals surface area contributed by atoms with Crippen molar-refractivity contribution in [2.75, 3.05) is 14.2 Å². The molecule has 0 aliphatic heterocycles. The van der Waals surface area contributed by atoms with Gasteiger partial charge in [-0.05, 0) is 54.4 Å². The predicted octanol–water partition coefficient (Wildman–Crippen LogP) is 4.20. The zero-order valence-electron chi connectivity index (χ0n) is 12.3. The van der Waals surface area contributed by atoms with E-state index in [0.717, 1.165) is 27.1 Å². The van der Waals surface area contributed by atoms with E-state index < -0.39 is 0 Å². The lowest BCUT2D eigenvalue weighted by molar-refractivity contribution is 0.0992. The zero-order chi connectivity index (χ0) is 15.4. The number of aryl methyl sites for hydroxylation is 1. The third-order valence-electron chi connectivity index (χ3n) is 3.32. The van der Waals surface area contributed by atoms with E-state index in [1.807, 2.05) is 37.3 Å². The van der Waals surface area contributed by atoms with Crippen molar-refractivity contribution in [2.24, 2.45) is 0 Å². The van der Waals surface area contributed by atoms with E-state index in [9.17, 15) is 4.79 Å². The molecule has 21 heavy (non-hydrogen) atoms. The Morgan fingerprint density at radius 1 is 1.10 bits per heavy atom. The molecule has 2 aromatic carbocycles. The van der Waals surface area contributed by atoms with Crippen molar-refractivity contribution in [2.45, 2.75) is 13.3 Å². The van der Waals surface area contributed by atoms with Crippen LogP contribution in [0, 0.1) is 6.92 Å². The molecule has 0 fully saturated rings. The van der Waals surface area contributed by atoms with E-state index in [2.05, 4.69) is 15.9 Å². The molecule has 0 radical (unpaired) electrons. The average molecular weight is 349 g/mol. The molecule has 0 aliphatic carbocycles. The second-order valence-corrected chi connectivity index (χ2v) is 5.60. The highest BCUT2D eigenvalue weighted by atomic mass is 79.9. The Balaban J connectivity index is 2.23. The third kappa shape index (κ3) is 3.64. The number of ether oxygens (including phenoxy) is 2. The number of halogens is 1. The minimum atomic E-state index is 0.0645. The molecular formula is C17H17BrO3. The van der Waals surface area contributed by atoms with E-state index >= 15 is 0 Å². The number of hydrogen-bond donors (Lipinski definition) is 0. The van der Waals surface area contributed by atoms with Crippen LogP contribution in [0.25, 0.3) is 0 Å². The van der Waals surface area contributed by atoms with Crippen molar-refractivity contribution < 1.29 is 14.3 Å². The minimum absolute atomic E-state index is 0.0645. The van der Waals surface area contributed by atoms with Gasteiger partial charge in [-0.15, -0.1) is 0 Å². The van der Waals surface area contributed by atoms with Gasteiger partial charge in [0.25, 0.3) is 0 Å². The second kappa shape index (κ2) is 6.76. The Morgan fingerprint density at radius 2 is 1.86 bits per heavy atom. The topological polar surface area (TPSA) is 35.5 Å². The van der Waals surface area contributed by atoms with Gasteiger partial charge in [0.1, 0.15) is 11.5 Å². The highest BCUT2D eigenvalue weighted by Gasteiger charge is 2.12. The molecule has 2 rings (SSSR count). The molecule has 0 amide bonds. The van der Waals surface area contributed by atoms with Crippen LogP contribution in [-0.4, -0.2) is 20.0 Å². The van der Waals surface area contributed by atoms with Crippen LogP contribution >= 0.6 is 15.9 Å². The summed E-state index contributed by atoms with van der Waals surface area (Å²) in [7, 11) is 3.23. The molecule has 0 N–H and O–H groups in total. The summed E-state index contributed by atoms with van der Waals surface area (Å²) < 4.78 is 11.3. The van der Waals surface area contributed by atoms with Crippen molar-refractivity contribution in [3.8, 4) is 11.5 Å². The maximum atomic E-state index is 12.4. The summed E-state index contributed by atoms with van der Waals surface area (Å²) >= 11 is 3.47. The third-order valence-corrected chi connectivity index (χ3v) is 4.09. The number of rotatable bonds is 5. The molecule has 0 spiro atoms. The maximum Gasteiger partial charge on any atom is 0.167 e. The first-order chi connectivity index (χ1) is 10.0. The SMILES string of the molecule is COc1ccc(Br)c(CC(=O)c2ccc(OC)c(C)c2)c1. The molecule has 0 saturated carbocycles. The highest BCUT2D eigenvalue weighted by molar-refractivity contribution is 9.10. The first-order valence-electron chi connectivity index (χ1n) is 6.55. The lowest BCUT2D eigenvalue weighted by atomic mass is 10.0. The Morgan fingerprint density at radius 3 is 2.48 bits per heavy atom. The summed E-state index contributed by atoms with van der Waals surface area (Å²) in [6, 6.07) is 11.1. The van der Waals surface area contributed by atoms with Gasteiger partial charge >= 0.3 is 0 Å². The molecule has 4 heteroatoms. The summed E-state index contributed by atoms with van der Waals surface area (Å²) in [6.45, 7) is 1.93. The predicted molar refractivity (Wildman–Crippen MR) is 86.5 cm³/mol. The van der Waals surface area contributed by atoms with Crippen LogP contribution in [0.5, 0.6) is 11.5 Å². The quantitative estimate of drug-likeness (QED) is 0.759. The Labute approximate surface area is 133 Å². The first-order valence-corrected chi connectivity index (χ1v) is 7.34. The van der Waals surface area contributed by atoms with Gasteiger partial charge in [-0.1, -0.05) is 15.9 Å². The Hall–Kier alpha value is -1.81. The molecule has 2 aromatic rings. The minimum Gasteiger partial charge on any atom is -0.497 e. The van der Waals surface area contributed by atoms with Crippen LogP contribution in [0.3, 0.4) is 0 Å². The lowest BCUT2D eigenvalue weighted by Crippen LogP contribution is -2.05. The molecular weight excluding hydrogens is 332 g/mol. The van der Waals surface area contributed by atoms with Crippen molar-refractivity contribution in [3.63, 3.8) is 0 Å². The fraction of sp³-hybridized carbons (Fsp3) is 0.235. The molecule has 0 saturated heterocycles. The van der Waals surface area contributed by atoms with Gasteiger partial charge in [0.2, 0.25) is 0 Å². The second-order valence-electron chi connectivity index (χ2n) is 4.74. The lowest BCUT2D eigenvalue weighted by Gasteiger charge is -2.09. The number of carbonyl (C=O) groups is 1. The Kier molecular flexibility index (Phi) is 5.02. The van der Waals surface area contributed by atoms with E-state index in [1.54, 1.807) is 20.3 Å². The van der Waals surface area contributed by atoms with E-state index in [1.165, 1.54) is 0 Å². The Bertz CT molecular complexity index is 665. The molecule has 0 atom stereocenters. The number of methoxy groups -OCH3 is 2. The van der Waals surface area contributed by atoms with Crippen molar-refractivity contribution >= 4 is 21.7 Å². The van der Waals surface area contributed by atoms with Gasteiger partial charge in [0.05, 0.1) is 14.2 Å². The van der Waals surface area contributed by atoms with E-state index in [-0.39, 0.29) is 5.78 Å². The fourth-order valence-corrected chi connectivity index (χ4v) is 2.53. The molecule has 0 aliphatic rings. The van der Waals surface area contributed by atoms with Crippen LogP contribution in [0.2, 0.25) is 0 Å². The number of hydrogen-bond acceptors (Lipinski definition) is 3. The van der Waals surface area contributed by atoms with Crippen LogP contribution in [0.1, 0.15) is 21.5 Å². The smallest absolute Gasteiger partial charge is 0.167 e. The van der Waals surface area contributed by atoms with Gasteiger partial charge in [-0.3, -0.25) is 4.79 Å². The highest BCUT2D eigenvalue weighted by Crippen LogP contribution is 2.25. The summed E-state index contributed by atoms with van der Waals surface area (Å²) in [5.74, 6) is 1.59. The first kappa shape index (κ1) is 15.6. The summed E-state index contributed by atoms with van der Waals surface area (Å²) in [5, 5.41) is 0. The van der Waals surface area contributed by atoms with Crippen LogP contribution in [-0.2, 0) is 6.42 Å². The number of Topliss-reactive ketones (excluding diaryl/α,β-unsaturated/α-hetero) is 1. The van der Waals surface area contributed by atoms with E-state index in [4.69, 9.17) is 9.47 Å². The molecule has 0 unspecified atom stereocenters. The van der Waals surface area contributed by atoms with Crippen LogP contribution < -0.4 is 9.47 Å². The normalized spacial score (nSPS) is 10.3. The standard InChI is InChI=1S/C17H17BrO3/c1-11-8-12(4-7-17(11)21-3)16(19)10-13-9-14(20-2)5-6-15(13)18/h4-9H,10H2,1-3H3. The zero-order valence-corrected chi connectivity index (χ0v) is 13.9. The van der Waals surface area contributed by atoms with Crippen LogP contribution in [0.4, 0.5) is 0 Å². The summed E-state index contributed by atoms with van der Waals surface area (Å²) in [5.41, 5.74) is 2.55. The number of ketones is 1. The molecule has 0 heterocycles. The summed E-state index contributed by atoms with van der Waals surface area (Å²) in [4.78, 5) is 12.4. The van der Waals surface area contributed by atoms with Gasteiger partial charge in [0.15, 0.2) is 5.78 Å². The number of carbonyl (C=O) groups excluding carboxylic acids is 1. The van der Waals surface area contributed by atoms with Crippen molar-refractivity contribution in [1.82, 2.24) is 0 Å². The molecule has 3 nitrogen and oxygen atoms in total. The van der Waals surface area contributed by atoms with Crippen LogP contribution in [0.15, 0.2) is 40.9 Å². The molecule has 110 valence electrons. The molecule has 0 bridgehead atoms. The molecule has 0 aromatic heterocycles. The summed E-state index contributed by atoms with van der Waals surface area (Å²) in [6.07, 6.45) is 0.323. The van der Waals surface area contributed by atoms with Gasteiger partial charge in [-0.25, -0.2) is 0 Å². The van der Waals surface area contributed by atoms with Crippen molar-refractivity contribution in [1.29, 1.82) is 0 Å². The fourth-order valence-electron chi connectivity index (χ4n) is 2.14. The van der Waals surface area contributed by atoms with Gasteiger partial charge in [-0.2, -0.15) is 0 Å².